The predicted molar refractivity (Wildman–Crippen MR) is 189 cm³/mol. The number of para-hydroxylation sites is 1. The molecule has 3 N–H and O–H groups in total. The number of benzene rings is 3. The van der Waals surface area contributed by atoms with Crippen LogP contribution in [0.4, 0.5) is 11.5 Å². The second-order valence-corrected chi connectivity index (χ2v) is 12.8. The number of nitrogen functional groups attached to an aromatic ring is 1. The molecule has 8 rings (SSSR count). The van der Waals surface area contributed by atoms with E-state index in [0.717, 1.165) is 108 Å². The summed E-state index contributed by atoms with van der Waals surface area (Å²) in [4.78, 5) is 22.6. The Bertz CT molecular complexity index is 2040. The summed E-state index contributed by atoms with van der Waals surface area (Å²) in [6, 6.07) is 23.5. The molecular weight excluding hydrogens is 602 g/mol. The van der Waals surface area contributed by atoms with Crippen LogP contribution in [0.1, 0.15) is 43.1 Å². The number of nitrogens with one attached hydrogen (secondary N) is 1. The van der Waals surface area contributed by atoms with Gasteiger partial charge in [0.05, 0.1) is 36.7 Å². The standard InChI is InChI=1S/C37H41N9O2/c1-47-29-14-12-27(13-15-29)45-19-17-44(18-20-45)26-8-10-28(11-9-26)46-37-34(36(38)39-23-40-37)35(43-46)25-7-16-30-31(21-25)42-33(41-30)22-24-5-3-4-6-32(24)48-2/h3-7,12-16,21,23,26,28H,8-11,17-20,22H2,1-2H3,(H,41,42)(H2,38,39,40)/t26-,28-. The van der Waals surface area contributed by atoms with Crippen LogP contribution in [0.25, 0.3) is 33.3 Å². The highest BCUT2D eigenvalue weighted by atomic mass is 16.5. The zero-order chi connectivity index (χ0) is 32.6. The van der Waals surface area contributed by atoms with E-state index in [0.29, 0.717) is 18.3 Å². The lowest BCUT2D eigenvalue weighted by molar-refractivity contribution is 0.129. The predicted octanol–water partition coefficient (Wildman–Crippen LogP) is 5.87. The molecular formula is C37H41N9O2. The Morgan fingerprint density at radius 2 is 1.62 bits per heavy atom. The fourth-order valence-corrected chi connectivity index (χ4v) is 7.58. The molecule has 0 bridgehead atoms. The summed E-state index contributed by atoms with van der Waals surface area (Å²) in [6.45, 7) is 4.24. The van der Waals surface area contributed by atoms with Crippen molar-refractivity contribution in [2.24, 2.45) is 0 Å². The monoisotopic (exact) mass is 643 g/mol. The SMILES string of the molecule is COc1ccc(N2CCN([C@H]3CC[C@H](n4nc(-c5ccc6[nH]c(Cc7ccccc7OC)nc6c5)c5c(N)ncnc54)CC3)CC2)cc1. The zero-order valence-electron chi connectivity index (χ0n) is 27.5. The summed E-state index contributed by atoms with van der Waals surface area (Å²) in [5.74, 6) is 3.08. The van der Waals surface area contributed by atoms with Crippen LogP contribution >= 0.6 is 0 Å². The van der Waals surface area contributed by atoms with Gasteiger partial charge in [0.15, 0.2) is 5.65 Å². The number of hydrogen-bond donors (Lipinski definition) is 2. The first-order valence-corrected chi connectivity index (χ1v) is 16.8. The highest BCUT2D eigenvalue weighted by molar-refractivity contribution is 5.99. The summed E-state index contributed by atoms with van der Waals surface area (Å²) < 4.78 is 13.0. The van der Waals surface area contributed by atoms with Gasteiger partial charge in [0.2, 0.25) is 0 Å². The molecule has 4 heterocycles. The molecule has 1 saturated carbocycles. The Balaban J connectivity index is 0.984. The lowest BCUT2D eigenvalue weighted by Gasteiger charge is -2.42. The number of ether oxygens (including phenoxy) is 2. The number of piperazine rings is 1. The highest BCUT2D eigenvalue weighted by Gasteiger charge is 2.31. The molecule has 0 radical (unpaired) electrons. The van der Waals surface area contributed by atoms with Gasteiger partial charge >= 0.3 is 0 Å². The zero-order valence-corrected chi connectivity index (χ0v) is 27.5. The number of hydrogen-bond acceptors (Lipinski definition) is 9. The molecule has 0 spiro atoms. The van der Waals surface area contributed by atoms with Crippen LogP contribution in [0.2, 0.25) is 0 Å². The minimum atomic E-state index is 0.258. The van der Waals surface area contributed by atoms with Crippen molar-refractivity contribution < 1.29 is 9.47 Å². The Kier molecular flexibility index (Phi) is 8.05. The first-order chi connectivity index (χ1) is 23.6. The molecule has 1 aliphatic heterocycles. The van der Waals surface area contributed by atoms with Crippen LogP contribution in [0.3, 0.4) is 0 Å². The number of aromatic amines is 1. The van der Waals surface area contributed by atoms with Crippen molar-refractivity contribution in [2.75, 3.05) is 51.0 Å². The van der Waals surface area contributed by atoms with Gasteiger partial charge in [-0.05, 0) is 68.1 Å². The smallest absolute Gasteiger partial charge is 0.164 e. The fraction of sp³-hybridized carbons (Fsp3) is 0.351. The summed E-state index contributed by atoms with van der Waals surface area (Å²) in [5.41, 5.74) is 13.2. The van der Waals surface area contributed by atoms with Crippen molar-refractivity contribution in [2.45, 2.75) is 44.2 Å². The molecule has 11 heteroatoms. The topological polar surface area (TPSA) is 123 Å². The normalized spacial score (nSPS) is 18.8. The Labute approximate surface area is 279 Å². The average molecular weight is 644 g/mol. The Morgan fingerprint density at radius 3 is 2.40 bits per heavy atom. The molecule has 1 saturated heterocycles. The highest BCUT2D eigenvalue weighted by Crippen LogP contribution is 2.38. The summed E-state index contributed by atoms with van der Waals surface area (Å²) in [7, 11) is 3.41. The minimum absolute atomic E-state index is 0.258. The van der Waals surface area contributed by atoms with Crippen molar-refractivity contribution >= 4 is 33.6 Å². The number of nitrogens with two attached hydrogens (primary N) is 1. The maximum Gasteiger partial charge on any atom is 0.164 e. The van der Waals surface area contributed by atoms with E-state index >= 15 is 0 Å². The maximum atomic E-state index is 6.50. The molecule has 2 fully saturated rings. The van der Waals surface area contributed by atoms with E-state index in [-0.39, 0.29) is 6.04 Å². The van der Waals surface area contributed by atoms with E-state index in [9.17, 15) is 0 Å². The fourth-order valence-electron chi connectivity index (χ4n) is 7.58. The molecule has 11 nitrogen and oxygen atoms in total. The molecule has 0 unspecified atom stereocenters. The number of rotatable bonds is 8. The Hall–Kier alpha value is -5.16. The van der Waals surface area contributed by atoms with Crippen LogP contribution in [-0.4, -0.2) is 81.1 Å². The van der Waals surface area contributed by atoms with Crippen molar-refractivity contribution in [1.29, 1.82) is 0 Å². The van der Waals surface area contributed by atoms with Crippen LogP contribution in [0.5, 0.6) is 11.5 Å². The quantitative estimate of drug-likeness (QED) is 0.210. The van der Waals surface area contributed by atoms with Gasteiger partial charge in [0.25, 0.3) is 0 Å². The summed E-state index contributed by atoms with van der Waals surface area (Å²) >= 11 is 0. The molecule has 1 aliphatic carbocycles. The molecule has 6 aromatic rings. The Morgan fingerprint density at radius 1 is 0.854 bits per heavy atom. The summed E-state index contributed by atoms with van der Waals surface area (Å²) in [6.07, 6.45) is 6.57. The largest absolute Gasteiger partial charge is 0.497 e. The first kappa shape index (κ1) is 30.2. The van der Waals surface area contributed by atoms with E-state index in [2.05, 4.69) is 60.8 Å². The van der Waals surface area contributed by atoms with Gasteiger partial charge in [-0.3, -0.25) is 4.90 Å². The van der Waals surface area contributed by atoms with Crippen molar-refractivity contribution in [3.63, 3.8) is 0 Å². The molecule has 3 aromatic carbocycles. The number of methoxy groups -OCH3 is 2. The third kappa shape index (κ3) is 5.68. The average Bonchev–Trinajstić information content (AvgIpc) is 3.74. The number of anilines is 2. The van der Waals surface area contributed by atoms with Crippen molar-refractivity contribution in [3.05, 3.63) is 84.4 Å². The van der Waals surface area contributed by atoms with E-state index in [1.165, 1.54) is 5.69 Å². The lowest BCUT2D eigenvalue weighted by atomic mass is 9.90. The molecule has 2 aliphatic rings. The van der Waals surface area contributed by atoms with Gasteiger partial charge in [-0.25, -0.2) is 19.6 Å². The number of fused-ring (bicyclic) bond motifs is 2. The van der Waals surface area contributed by atoms with Gasteiger partial charge in [0, 0.05) is 55.5 Å². The molecule has 246 valence electrons. The van der Waals surface area contributed by atoms with E-state index in [1.54, 1.807) is 20.5 Å². The maximum absolute atomic E-state index is 6.50. The number of imidazole rings is 1. The third-order valence-electron chi connectivity index (χ3n) is 10.2. The summed E-state index contributed by atoms with van der Waals surface area (Å²) in [5, 5.41) is 6.00. The van der Waals surface area contributed by atoms with E-state index in [1.807, 2.05) is 30.3 Å². The number of nitrogens with zero attached hydrogens (tertiary/aromatic N) is 7. The molecule has 48 heavy (non-hydrogen) atoms. The van der Waals surface area contributed by atoms with Crippen LogP contribution in [-0.2, 0) is 6.42 Å². The van der Waals surface area contributed by atoms with Crippen molar-refractivity contribution in [1.82, 2.24) is 34.6 Å². The van der Waals surface area contributed by atoms with E-state index < -0.39 is 0 Å². The first-order valence-electron chi connectivity index (χ1n) is 16.8. The van der Waals surface area contributed by atoms with Gasteiger partial charge in [-0.15, -0.1) is 0 Å². The van der Waals surface area contributed by atoms with Crippen LogP contribution < -0.4 is 20.1 Å². The third-order valence-corrected chi connectivity index (χ3v) is 10.2. The second-order valence-electron chi connectivity index (χ2n) is 12.8. The number of aromatic nitrogens is 6. The van der Waals surface area contributed by atoms with Gasteiger partial charge in [0.1, 0.15) is 35.2 Å². The van der Waals surface area contributed by atoms with Crippen LogP contribution in [0.15, 0.2) is 73.1 Å². The molecule has 0 amide bonds. The van der Waals surface area contributed by atoms with Gasteiger partial charge < -0.3 is 25.1 Å². The van der Waals surface area contributed by atoms with Crippen molar-refractivity contribution in [3.8, 4) is 22.8 Å². The number of H-pyrrole nitrogens is 1. The second kappa shape index (κ2) is 12.8. The van der Waals surface area contributed by atoms with E-state index in [4.69, 9.17) is 30.3 Å². The molecule has 3 aromatic heterocycles. The van der Waals surface area contributed by atoms with Gasteiger partial charge in [-0.2, -0.15) is 5.10 Å². The van der Waals surface area contributed by atoms with Gasteiger partial charge in [-0.1, -0.05) is 24.3 Å². The van der Waals surface area contributed by atoms with Crippen LogP contribution in [0, 0.1) is 0 Å². The minimum Gasteiger partial charge on any atom is -0.497 e. The molecule has 0 atom stereocenters. The lowest BCUT2D eigenvalue weighted by Crippen LogP contribution is -2.51.